The van der Waals surface area contributed by atoms with Gasteiger partial charge < -0.3 is 9.73 Å². The van der Waals surface area contributed by atoms with Gasteiger partial charge >= 0.3 is 0 Å². The number of nitrogens with zero attached hydrogens (tertiary/aromatic N) is 3. The van der Waals surface area contributed by atoms with Crippen LogP contribution in [0.4, 0.5) is 5.69 Å². The summed E-state index contributed by atoms with van der Waals surface area (Å²) in [6, 6.07) is 10.3. The van der Waals surface area contributed by atoms with Gasteiger partial charge in [0.1, 0.15) is 5.76 Å². The van der Waals surface area contributed by atoms with Gasteiger partial charge in [-0.1, -0.05) is 42.8 Å². The monoisotopic (exact) mass is 438 g/mol. The Morgan fingerprint density at radius 3 is 2.74 bits per heavy atom. The molecular formula is C23H26N4O3S. The first kappa shape index (κ1) is 21.2. The summed E-state index contributed by atoms with van der Waals surface area (Å²) in [5.74, 6) is -0.228. The van der Waals surface area contributed by atoms with Crippen molar-refractivity contribution in [2.24, 2.45) is 0 Å². The van der Waals surface area contributed by atoms with E-state index in [1.807, 2.05) is 24.3 Å². The predicted molar refractivity (Wildman–Crippen MR) is 119 cm³/mol. The number of hydrogen-bond acceptors (Lipinski definition) is 6. The lowest BCUT2D eigenvalue weighted by molar-refractivity contribution is -0.123. The zero-order valence-electron chi connectivity index (χ0n) is 17.5. The Bertz CT molecular complexity index is 998. The number of hydrogen-bond donors (Lipinski definition) is 1. The van der Waals surface area contributed by atoms with Crippen LogP contribution in [0.2, 0.25) is 0 Å². The van der Waals surface area contributed by atoms with Crippen LogP contribution < -0.4 is 10.2 Å². The van der Waals surface area contributed by atoms with Gasteiger partial charge in [-0.15, -0.1) is 5.10 Å². The molecule has 1 aliphatic rings. The average Bonchev–Trinajstić information content (AvgIpc) is 3.52. The lowest BCUT2D eigenvalue weighted by Crippen LogP contribution is -2.47. The number of furan rings is 1. The van der Waals surface area contributed by atoms with Gasteiger partial charge in [0.05, 0.1) is 6.26 Å². The summed E-state index contributed by atoms with van der Waals surface area (Å²) >= 11 is 1.10. The molecule has 1 N–H and O–H groups in total. The van der Waals surface area contributed by atoms with E-state index in [0.717, 1.165) is 49.2 Å². The molecule has 1 aliphatic carbocycles. The van der Waals surface area contributed by atoms with Gasteiger partial charge in [0.15, 0.2) is 11.7 Å². The first-order valence-corrected chi connectivity index (χ1v) is 11.5. The maximum absolute atomic E-state index is 13.6. The SMILES string of the molecule is CCc1cccc(N(C(=O)c2csnn2)[C@@H](C(=O)NC2CCCCC2)c2ccco2)c1. The van der Waals surface area contributed by atoms with Crippen LogP contribution >= 0.6 is 11.5 Å². The Balaban J connectivity index is 1.75. The van der Waals surface area contributed by atoms with Crippen LogP contribution in [0.15, 0.2) is 52.5 Å². The molecule has 2 amide bonds. The second-order valence-corrected chi connectivity index (χ2v) is 8.36. The van der Waals surface area contributed by atoms with Gasteiger partial charge in [-0.25, -0.2) is 0 Å². The Hall–Kier alpha value is -3.00. The van der Waals surface area contributed by atoms with E-state index in [0.29, 0.717) is 11.4 Å². The number of carbonyl (C=O) groups is 2. The molecule has 1 aromatic carbocycles. The molecule has 3 aromatic rings. The van der Waals surface area contributed by atoms with Gasteiger partial charge in [0.2, 0.25) is 0 Å². The van der Waals surface area contributed by atoms with E-state index in [4.69, 9.17) is 4.42 Å². The highest BCUT2D eigenvalue weighted by atomic mass is 32.1. The largest absolute Gasteiger partial charge is 0.467 e. The minimum atomic E-state index is -0.946. The van der Waals surface area contributed by atoms with Crippen LogP contribution in [-0.2, 0) is 11.2 Å². The molecule has 1 saturated carbocycles. The van der Waals surface area contributed by atoms with E-state index in [1.54, 1.807) is 17.5 Å². The number of carbonyl (C=O) groups excluding carboxylic acids is 2. The van der Waals surface area contributed by atoms with E-state index >= 15 is 0 Å². The summed E-state index contributed by atoms with van der Waals surface area (Å²) in [5, 5.41) is 8.71. The third kappa shape index (κ3) is 4.85. The molecule has 0 bridgehead atoms. The van der Waals surface area contributed by atoms with Gasteiger partial charge in [-0.2, -0.15) is 0 Å². The fourth-order valence-corrected chi connectivity index (χ4v) is 4.47. The molecule has 8 heteroatoms. The fourth-order valence-electron chi connectivity index (χ4n) is 4.04. The van der Waals surface area contributed by atoms with Crippen molar-refractivity contribution in [3.63, 3.8) is 0 Å². The Labute approximate surface area is 185 Å². The average molecular weight is 439 g/mol. The van der Waals surface area contributed by atoms with Crippen molar-refractivity contribution in [3.05, 3.63) is 65.1 Å². The summed E-state index contributed by atoms with van der Waals surface area (Å²) in [6.45, 7) is 2.05. The van der Waals surface area contributed by atoms with Crippen molar-refractivity contribution in [1.82, 2.24) is 14.9 Å². The van der Waals surface area contributed by atoms with Crippen molar-refractivity contribution >= 4 is 29.0 Å². The summed E-state index contributed by atoms with van der Waals surface area (Å²) < 4.78 is 9.48. The Kier molecular flexibility index (Phi) is 6.76. The van der Waals surface area contributed by atoms with Crippen molar-refractivity contribution in [2.45, 2.75) is 57.5 Å². The highest BCUT2D eigenvalue weighted by Crippen LogP contribution is 2.31. The number of rotatable bonds is 7. The summed E-state index contributed by atoms with van der Waals surface area (Å²) in [6.07, 6.45) is 7.63. The maximum Gasteiger partial charge on any atom is 0.280 e. The van der Waals surface area contributed by atoms with E-state index in [1.165, 1.54) is 17.6 Å². The smallest absolute Gasteiger partial charge is 0.280 e. The molecular weight excluding hydrogens is 412 g/mol. The summed E-state index contributed by atoms with van der Waals surface area (Å²) in [5.41, 5.74) is 1.89. The van der Waals surface area contributed by atoms with Gasteiger partial charge in [0.25, 0.3) is 11.8 Å². The third-order valence-electron chi connectivity index (χ3n) is 5.67. The van der Waals surface area contributed by atoms with Crippen LogP contribution in [0.1, 0.15) is 66.9 Å². The molecule has 31 heavy (non-hydrogen) atoms. The van der Waals surface area contributed by atoms with Gasteiger partial charge in [0, 0.05) is 17.1 Å². The summed E-state index contributed by atoms with van der Waals surface area (Å²) in [4.78, 5) is 28.6. The Morgan fingerprint density at radius 1 is 1.23 bits per heavy atom. The van der Waals surface area contributed by atoms with Crippen LogP contribution in [0.3, 0.4) is 0 Å². The van der Waals surface area contributed by atoms with Crippen LogP contribution in [0.5, 0.6) is 0 Å². The third-order valence-corrected chi connectivity index (χ3v) is 6.17. The van der Waals surface area contributed by atoms with Crippen molar-refractivity contribution in [3.8, 4) is 0 Å². The maximum atomic E-state index is 13.6. The minimum absolute atomic E-state index is 0.110. The molecule has 0 saturated heterocycles. The molecule has 0 unspecified atom stereocenters. The molecule has 2 aromatic heterocycles. The highest BCUT2D eigenvalue weighted by molar-refractivity contribution is 7.03. The second kappa shape index (κ2) is 9.87. The molecule has 2 heterocycles. The van der Waals surface area contributed by atoms with E-state index in [-0.39, 0.29) is 23.6 Å². The normalized spacial score (nSPS) is 15.4. The lowest BCUT2D eigenvalue weighted by Gasteiger charge is -2.31. The van der Waals surface area contributed by atoms with E-state index in [9.17, 15) is 9.59 Å². The van der Waals surface area contributed by atoms with Crippen LogP contribution in [0.25, 0.3) is 0 Å². The van der Waals surface area contributed by atoms with Crippen molar-refractivity contribution in [2.75, 3.05) is 4.90 Å². The molecule has 1 atom stereocenters. The zero-order valence-corrected chi connectivity index (χ0v) is 18.3. The van der Waals surface area contributed by atoms with Crippen LogP contribution in [0, 0.1) is 0 Å². The molecule has 0 aliphatic heterocycles. The minimum Gasteiger partial charge on any atom is -0.467 e. The fraction of sp³-hybridized carbons (Fsp3) is 0.391. The number of anilines is 1. The van der Waals surface area contributed by atoms with E-state index in [2.05, 4.69) is 21.8 Å². The molecule has 1 fully saturated rings. The standard InChI is InChI=1S/C23H26N4O3S/c1-2-16-8-6-11-18(14-16)27(23(29)19-15-31-26-25-19)21(20-12-7-13-30-20)22(28)24-17-9-4-3-5-10-17/h6-8,11-15,17,21H,2-5,9-10H2,1H3,(H,24,28)/t21-/m1/s1. The van der Waals surface area contributed by atoms with Crippen molar-refractivity contribution < 1.29 is 14.0 Å². The number of benzene rings is 1. The Morgan fingerprint density at radius 2 is 2.06 bits per heavy atom. The zero-order chi connectivity index (χ0) is 21.6. The number of nitrogens with one attached hydrogen (secondary N) is 1. The highest BCUT2D eigenvalue weighted by Gasteiger charge is 2.37. The number of amides is 2. The lowest BCUT2D eigenvalue weighted by atomic mass is 9.95. The quantitative estimate of drug-likeness (QED) is 0.585. The first-order chi connectivity index (χ1) is 15.2. The first-order valence-electron chi connectivity index (χ1n) is 10.7. The summed E-state index contributed by atoms with van der Waals surface area (Å²) in [7, 11) is 0. The topological polar surface area (TPSA) is 88.3 Å². The van der Waals surface area contributed by atoms with E-state index < -0.39 is 6.04 Å². The molecule has 7 nitrogen and oxygen atoms in total. The predicted octanol–water partition coefficient (Wildman–Crippen LogP) is 4.53. The van der Waals surface area contributed by atoms with Gasteiger partial charge in [-0.3, -0.25) is 14.5 Å². The molecule has 0 spiro atoms. The second-order valence-electron chi connectivity index (χ2n) is 7.75. The van der Waals surface area contributed by atoms with Gasteiger partial charge in [-0.05, 0) is 60.6 Å². The molecule has 4 rings (SSSR count). The number of aryl methyl sites for hydroxylation is 1. The van der Waals surface area contributed by atoms with Crippen molar-refractivity contribution in [1.29, 1.82) is 0 Å². The van der Waals surface area contributed by atoms with Crippen LogP contribution in [-0.4, -0.2) is 27.4 Å². The number of aromatic nitrogens is 2. The molecule has 162 valence electrons. The molecule has 0 radical (unpaired) electrons.